The first-order valence-electron chi connectivity index (χ1n) is 9.39. The predicted molar refractivity (Wildman–Crippen MR) is 113 cm³/mol. The van der Waals surface area contributed by atoms with Gasteiger partial charge in [-0.25, -0.2) is 14.8 Å². The summed E-state index contributed by atoms with van der Waals surface area (Å²) in [5, 5.41) is 8.58. The molecule has 0 aliphatic rings. The van der Waals surface area contributed by atoms with E-state index in [1.807, 2.05) is 13.8 Å². The zero-order valence-corrected chi connectivity index (χ0v) is 17.9. The summed E-state index contributed by atoms with van der Waals surface area (Å²) in [6, 6.07) is 3.03. The molecule has 0 saturated carbocycles. The number of carbonyl (C=O) groups is 3. The molecule has 0 unspecified atom stereocenters. The van der Waals surface area contributed by atoms with Crippen LogP contribution in [-0.2, 0) is 0 Å². The molecule has 4 amide bonds. The highest BCUT2D eigenvalue weighted by Crippen LogP contribution is 2.29. The van der Waals surface area contributed by atoms with E-state index in [4.69, 9.17) is 0 Å². The number of nitrogens with one attached hydrogen (secondary N) is 3. The van der Waals surface area contributed by atoms with Crippen molar-refractivity contribution in [3.8, 4) is 10.6 Å². The van der Waals surface area contributed by atoms with Crippen LogP contribution in [-0.4, -0.2) is 59.9 Å². The van der Waals surface area contributed by atoms with Gasteiger partial charge in [-0.05, 0) is 25.5 Å². The number of amides is 4. The lowest BCUT2D eigenvalue weighted by Gasteiger charge is -2.09. The number of thiazole rings is 1. The molecule has 0 aliphatic carbocycles. The number of hydrogen-bond donors (Lipinski definition) is 3. The van der Waals surface area contributed by atoms with E-state index in [-0.39, 0.29) is 28.4 Å². The Bertz CT molecular complexity index is 863. The minimum absolute atomic E-state index is 0.119. The van der Waals surface area contributed by atoms with E-state index in [0.717, 1.165) is 24.2 Å². The molecule has 0 spiro atoms. The Morgan fingerprint density at radius 3 is 2.48 bits per heavy atom. The number of aromatic nitrogens is 2. The largest absolute Gasteiger partial charge is 0.351 e. The van der Waals surface area contributed by atoms with Crippen molar-refractivity contribution in [1.82, 2.24) is 25.5 Å². The van der Waals surface area contributed by atoms with Crippen molar-refractivity contribution in [2.24, 2.45) is 0 Å². The van der Waals surface area contributed by atoms with Crippen LogP contribution < -0.4 is 16.0 Å². The van der Waals surface area contributed by atoms with Gasteiger partial charge in [-0.1, -0.05) is 13.3 Å². The van der Waals surface area contributed by atoms with Gasteiger partial charge < -0.3 is 15.5 Å². The summed E-state index contributed by atoms with van der Waals surface area (Å²) in [4.78, 5) is 46.9. The van der Waals surface area contributed by atoms with Crippen LogP contribution in [0.1, 0.15) is 46.8 Å². The van der Waals surface area contributed by atoms with Crippen LogP contribution in [0.5, 0.6) is 0 Å². The molecule has 2 heterocycles. The zero-order valence-electron chi connectivity index (χ0n) is 17.0. The molecule has 156 valence electrons. The third-order valence-electron chi connectivity index (χ3n) is 3.85. The van der Waals surface area contributed by atoms with Crippen LogP contribution in [0.2, 0.25) is 0 Å². The van der Waals surface area contributed by atoms with Crippen molar-refractivity contribution in [3.63, 3.8) is 0 Å². The van der Waals surface area contributed by atoms with Gasteiger partial charge in [0.1, 0.15) is 15.7 Å². The minimum atomic E-state index is -0.341. The first kappa shape index (κ1) is 22.3. The Labute approximate surface area is 173 Å². The summed E-state index contributed by atoms with van der Waals surface area (Å²) in [5.41, 5.74) is 0.769. The molecule has 0 fully saturated rings. The van der Waals surface area contributed by atoms with E-state index in [1.54, 1.807) is 32.4 Å². The summed E-state index contributed by atoms with van der Waals surface area (Å²) >= 11 is 1.14. The fraction of sp³-hybridized carbons (Fsp3) is 0.421. The first-order chi connectivity index (χ1) is 13.9. The molecule has 0 radical (unpaired) electrons. The van der Waals surface area contributed by atoms with E-state index < -0.39 is 0 Å². The van der Waals surface area contributed by atoms with Crippen LogP contribution in [0, 0.1) is 0 Å². The number of urea groups is 1. The second-order valence-corrected chi connectivity index (χ2v) is 7.42. The topological polar surface area (TPSA) is 116 Å². The van der Waals surface area contributed by atoms with E-state index in [1.165, 1.54) is 4.90 Å². The molecule has 0 bridgehead atoms. The van der Waals surface area contributed by atoms with Crippen molar-refractivity contribution in [3.05, 3.63) is 28.9 Å². The number of pyridine rings is 1. The van der Waals surface area contributed by atoms with Crippen LogP contribution >= 0.6 is 11.3 Å². The van der Waals surface area contributed by atoms with E-state index in [0.29, 0.717) is 29.5 Å². The third-order valence-corrected chi connectivity index (χ3v) is 4.95. The molecular formula is C19H26N6O3S. The number of hydrogen-bond acceptors (Lipinski definition) is 6. The maximum Gasteiger partial charge on any atom is 0.320 e. The lowest BCUT2D eigenvalue weighted by atomic mass is 10.2. The second kappa shape index (κ2) is 10.5. The molecule has 2 aromatic rings. The highest BCUT2D eigenvalue weighted by molar-refractivity contribution is 7.17. The summed E-state index contributed by atoms with van der Waals surface area (Å²) in [6.07, 6.45) is 3.36. The number of rotatable bonds is 8. The van der Waals surface area contributed by atoms with Crippen LogP contribution in [0.3, 0.4) is 0 Å². The molecule has 0 saturated heterocycles. The predicted octanol–water partition coefficient (Wildman–Crippen LogP) is 2.58. The molecule has 2 aromatic heterocycles. The van der Waals surface area contributed by atoms with Crippen molar-refractivity contribution in [2.45, 2.75) is 26.7 Å². The Balaban J connectivity index is 2.28. The van der Waals surface area contributed by atoms with Crippen molar-refractivity contribution in [1.29, 1.82) is 0 Å². The fourth-order valence-corrected chi connectivity index (χ4v) is 3.29. The van der Waals surface area contributed by atoms with Crippen LogP contribution in [0.25, 0.3) is 10.6 Å². The van der Waals surface area contributed by atoms with Gasteiger partial charge in [0.2, 0.25) is 0 Å². The molecule has 3 N–H and O–H groups in total. The van der Waals surface area contributed by atoms with E-state index in [9.17, 15) is 14.4 Å². The van der Waals surface area contributed by atoms with Gasteiger partial charge in [0.15, 0.2) is 5.69 Å². The van der Waals surface area contributed by atoms with Gasteiger partial charge in [0, 0.05) is 38.9 Å². The highest BCUT2D eigenvalue weighted by Gasteiger charge is 2.25. The van der Waals surface area contributed by atoms with Gasteiger partial charge >= 0.3 is 6.03 Å². The van der Waals surface area contributed by atoms with Crippen molar-refractivity contribution < 1.29 is 14.4 Å². The van der Waals surface area contributed by atoms with Gasteiger partial charge in [-0.15, -0.1) is 11.3 Å². The number of carbonyl (C=O) groups excluding carboxylic acids is 3. The molecular weight excluding hydrogens is 392 g/mol. The number of unbranched alkanes of at least 4 members (excludes halogenated alkanes) is 1. The highest BCUT2D eigenvalue weighted by atomic mass is 32.1. The summed E-state index contributed by atoms with van der Waals surface area (Å²) in [5.74, 6) is -0.260. The fourth-order valence-electron chi connectivity index (χ4n) is 2.33. The molecule has 0 atom stereocenters. The SMILES string of the molecule is CCCCNC(=O)c1sc(-c2ccc(NC(=O)NCC)nc2)nc1C(=O)N(C)C. The maximum absolute atomic E-state index is 12.6. The third kappa shape index (κ3) is 5.98. The van der Waals surface area contributed by atoms with E-state index >= 15 is 0 Å². The second-order valence-electron chi connectivity index (χ2n) is 6.42. The monoisotopic (exact) mass is 418 g/mol. The lowest BCUT2D eigenvalue weighted by molar-refractivity contribution is 0.0814. The smallest absolute Gasteiger partial charge is 0.320 e. The standard InChI is InChI=1S/C19H26N6O3S/c1-5-7-10-21-16(26)15-14(18(27)25(3)4)24-17(29-15)12-8-9-13(22-11-12)23-19(28)20-6-2/h8-9,11H,5-7,10H2,1-4H3,(H,21,26)(H2,20,22,23,28). The molecule has 10 heteroatoms. The summed E-state index contributed by atoms with van der Waals surface area (Å²) in [6.45, 7) is 4.91. The minimum Gasteiger partial charge on any atom is -0.351 e. The molecule has 0 aromatic carbocycles. The molecule has 9 nitrogen and oxygen atoms in total. The number of anilines is 1. The van der Waals surface area contributed by atoms with E-state index in [2.05, 4.69) is 25.9 Å². The summed E-state index contributed by atoms with van der Waals surface area (Å²) < 4.78 is 0. The Hall–Kier alpha value is -3.01. The zero-order chi connectivity index (χ0) is 21.4. The van der Waals surface area contributed by atoms with Gasteiger partial charge in [-0.3, -0.25) is 14.9 Å². The average Bonchev–Trinajstić information content (AvgIpc) is 3.13. The molecule has 2 rings (SSSR count). The Morgan fingerprint density at radius 2 is 1.90 bits per heavy atom. The van der Waals surface area contributed by atoms with Crippen LogP contribution in [0.15, 0.2) is 18.3 Å². The Kier molecular flexibility index (Phi) is 8.08. The Morgan fingerprint density at radius 1 is 1.14 bits per heavy atom. The first-order valence-corrected chi connectivity index (χ1v) is 10.2. The van der Waals surface area contributed by atoms with Crippen molar-refractivity contribution in [2.75, 3.05) is 32.5 Å². The van der Waals surface area contributed by atoms with Gasteiger partial charge in [0.05, 0.1) is 0 Å². The van der Waals surface area contributed by atoms with Gasteiger partial charge in [-0.2, -0.15) is 0 Å². The number of nitrogens with zero attached hydrogens (tertiary/aromatic N) is 3. The van der Waals surface area contributed by atoms with Gasteiger partial charge in [0.25, 0.3) is 11.8 Å². The molecule has 0 aliphatic heterocycles. The maximum atomic E-state index is 12.6. The average molecular weight is 419 g/mol. The quantitative estimate of drug-likeness (QED) is 0.570. The van der Waals surface area contributed by atoms with Crippen LogP contribution in [0.4, 0.5) is 10.6 Å². The lowest BCUT2D eigenvalue weighted by Crippen LogP contribution is -2.28. The van der Waals surface area contributed by atoms with Crippen molar-refractivity contribution >= 4 is 35.0 Å². The normalized spacial score (nSPS) is 10.3. The molecule has 29 heavy (non-hydrogen) atoms. The summed E-state index contributed by atoms with van der Waals surface area (Å²) in [7, 11) is 3.23.